The number of nitrogen functional groups attached to an aromatic ring is 1. The Balaban J connectivity index is 2.29. The van der Waals surface area contributed by atoms with E-state index < -0.39 is 11.2 Å². The highest BCUT2D eigenvalue weighted by Crippen LogP contribution is 2.18. The van der Waals surface area contributed by atoms with Gasteiger partial charge in [-0.15, -0.1) is 0 Å². The molecule has 4 N–H and O–H groups in total. The maximum atomic E-state index is 13.2. The summed E-state index contributed by atoms with van der Waals surface area (Å²) in [6.45, 7) is 5.58. The van der Waals surface area contributed by atoms with E-state index in [1.54, 1.807) is 0 Å². The van der Waals surface area contributed by atoms with Gasteiger partial charge in [0.1, 0.15) is 12.4 Å². The summed E-state index contributed by atoms with van der Waals surface area (Å²) in [5.74, 6) is -0.167. The first-order chi connectivity index (χ1) is 14.8. The van der Waals surface area contributed by atoms with Crippen LogP contribution in [0.5, 0.6) is 0 Å². The van der Waals surface area contributed by atoms with Crippen LogP contribution in [0.15, 0.2) is 33.9 Å². The second-order valence-electron chi connectivity index (χ2n) is 7.83. The third-order valence-corrected chi connectivity index (χ3v) is 5.38. The minimum atomic E-state index is -0.630. The third kappa shape index (κ3) is 6.70. The molecule has 31 heavy (non-hydrogen) atoms. The molecule has 0 aliphatic carbocycles. The molecular formula is C22H33ClN5O3+. The Morgan fingerprint density at radius 2 is 1.81 bits per heavy atom. The molecule has 2 rings (SSSR count). The van der Waals surface area contributed by atoms with Gasteiger partial charge in [0.05, 0.1) is 7.05 Å². The number of likely N-dealkylation sites (N-methyl/N-ethyl adjacent to an activating group) is 1. The van der Waals surface area contributed by atoms with Crippen molar-refractivity contribution in [2.24, 2.45) is 0 Å². The number of anilines is 2. The molecule has 1 heterocycles. The van der Waals surface area contributed by atoms with Crippen LogP contribution in [0, 0.1) is 0 Å². The summed E-state index contributed by atoms with van der Waals surface area (Å²) in [6.07, 6.45) is 3.18. The van der Waals surface area contributed by atoms with E-state index >= 15 is 0 Å². The van der Waals surface area contributed by atoms with Crippen LogP contribution in [0.2, 0.25) is 5.02 Å². The average molecular weight is 451 g/mol. The molecule has 0 spiro atoms. The van der Waals surface area contributed by atoms with Gasteiger partial charge in [0, 0.05) is 23.7 Å². The van der Waals surface area contributed by atoms with Crippen molar-refractivity contribution in [3.63, 3.8) is 0 Å². The van der Waals surface area contributed by atoms with E-state index in [-0.39, 0.29) is 24.0 Å². The first kappa shape index (κ1) is 24.7. The highest BCUT2D eigenvalue weighted by molar-refractivity contribution is 6.30. The van der Waals surface area contributed by atoms with E-state index in [2.05, 4.69) is 4.98 Å². The number of hydrogen-bond acceptors (Lipinski definition) is 4. The lowest BCUT2D eigenvalue weighted by atomic mass is 10.2. The number of rotatable bonds is 11. The van der Waals surface area contributed by atoms with Crippen LogP contribution >= 0.6 is 11.6 Å². The summed E-state index contributed by atoms with van der Waals surface area (Å²) in [7, 11) is 1.92. The highest BCUT2D eigenvalue weighted by atomic mass is 35.5. The van der Waals surface area contributed by atoms with Crippen molar-refractivity contribution in [1.29, 1.82) is 0 Å². The van der Waals surface area contributed by atoms with Gasteiger partial charge in [-0.25, -0.2) is 4.79 Å². The van der Waals surface area contributed by atoms with Gasteiger partial charge in [0.2, 0.25) is 0 Å². The molecule has 1 unspecified atom stereocenters. The molecule has 0 fully saturated rings. The maximum Gasteiger partial charge on any atom is 0.330 e. The van der Waals surface area contributed by atoms with E-state index in [9.17, 15) is 14.4 Å². The molecule has 0 aliphatic heterocycles. The first-order valence-electron chi connectivity index (χ1n) is 10.8. The highest BCUT2D eigenvalue weighted by Gasteiger charge is 2.26. The number of nitrogens with zero attached hydrogens (tertiary/aromatic N) is 2. The molecular weight excluding hydrogens is 418 g/mol. The predicted octanol–water partition coefficient (Wildman–Crippen LogP) is 1.42. The molecule has 0 aliphatic rings. The van der Waals surface area contributed by atoms with Gasteiger partial charge in [-0.2, -0.15) is 0 Å². The van der Waals surface area contributed by atoms with Gasteiger partial charge in [-0.3, -0.25) is 24.0 Å². The molecule has 1 atom stereocenters. The molecule has 1 amide bonds. The van der Waals surface area contributed by atoms with Gasteiger partial charge in [0.25, 0.3) is 11.5 Å². The number of nitrogens with one attached hydrogen (secondary N) is 2. The standard InChI is InChI=1S/C22H32ClN5O3/c1-4-6-12-27(18(29)15-26(3)14-16-8-10-17(23)11-9-16)19-20(24)28(13-7-5-2)22(31)25-21(19)30/h8-11H,4-7,12-15,24H2,1-3H3,(H,25,30,31)/p+1. The smallest absolute Gasteiger partial charge is 0.330 e. The number of aromatic amines is 1. The first-order valence-corrected chi connectivity index (χ1v) is 11.1. The Labute approximate surface area is 187 Å². The van der Waals surface area contributed by atoms with Crippen molar-refractivity contribution in [1.82, 2.24) is 9.55 Å². The number of hydrogen-bond donors (Lipinski definition) is 3. The Hall–Kier alpha value is -2.58. The summed E-state index contributed by atoms with van der Waals surface area (Å²) < 4.78 is 1.34. The van der Waals surface area contributed by atoms with Gasteiger partial charge in [-0.1, -0.05) is 50.4 Å². The number of carbonyl (C=O) groups is 1. The molecule has 2 aromatic rings. The number of carbonyl (C=O) groups excluding carboxylic acids is 1. The van der Waals surface area contributed by atoms with Gasteiger partial charge < -0.3 is 10.6 Å². The molecule has 170 valence electrons. The molecule has 1 aromatic carbocycles. The molecule has 0 bridgehead atoms. The van der Waals surface area contributed by atoms with Gasteiger partial charge >= 0.3 is 5.69 Å². The summed E-state index contributed by atoms with van der Waals surface area (Å²) in [6, 6.07) is 7.49. The number of aromatic nitrogens is 2. The minimum Gasteiger partial charge on any atom is -0.383 e. The number of H-pyrrole nitrogens is 1. The lowest BCUT2D eigenvalue weighted by Crippen LogP contribution is -3.09. The zero-order valence-electron chi connectivity index (χ0n) is 18.5. The monoisotopic (exact) mass is 450 g/mol. The van der Waals surface area contributed by atoms with Crippen LogP contribution in [-0.2, 0) is 17.9 Å². The van der Waals surface area contributed by atoms with Crippen molar-refractivity contribution in [3.05, 3.63) is 55.7 Å². The van der Waals surface area contributed by atoms with E-state index in [0.29, 0.717) is 24.7 Å². The van der Waals surface area contributed by atoms with Crippen molar-refractivity contribution in [2.75, 3.05) is 30.8 Å². The fourth-order valence-corrected chi connectivity index (χ4v) is 3.55. The fraction of sp³-hybridized carbons (Fsp3) is 0.500. The second kappa shape index (κ2) is 11.7. The van der Waals surface area contributed by atoms with Crippen molar-refractivity contribution < 1.29 is 9.69 Å². The minimum absolute atomic E-state index is 0.0435. The van der Waals surface area contributed by atoms with Gasteiger partial charge in [0.15, 0.2) is 12.2 Å². The zero-order chi connectivity index (χ0) is 23.0. The lowest BCUT2D eigenvalue weighted by molar-refractivity contribution is -0.885. The predicted molar refractivity (Wildman–Crippen MR) is 125 cm³/mol. The number of unbranched alkanes of at least 4 members (excludes halogenated alkanes) is 2. The van der Waals surface area contributed by atoms with Gasteiger partial charge in [-0.05, 0) is 25.0 Å². The summed E-state index contributed by atoms with van der Waals surface area (Å²) in [5, 5.41) is 0.663. The lowest BCUT2D eigenvalue weighted by Gasteiger charge is -2.25. The van der Waals surface area contributed by atoms with Crippen LogP contribution in [0.1, 0.15) is 45.1 Å². The second-order valence-corrected chi connectivity index (χ2v) is 8.27. The Morgan fingerprint density at radius 1 is 1.16 bits per heavy atom. The van der Waals surface area contributed by atoms with Crippen LogP contribution in [-0.4, -0.2) is 35.6 Å². The SMILES string of the molecule is CCCCN(C(=O)C[NH+](C)Cc1ccc(Cl)cc1)c1c(N)n(CCCC)c(=O)[nH]c1=O. The number of nitrogens with two attached hydrogens (primary N) is 1. The zero-order valence-corrected chi connectivity index (χ0v) is 19.3. The summed E-state index contributed by atoms with van der Waals surface area (Å²) >= 11 is 5.94. The largest absolute Gasteiger partial charge is 0.383 e. The van der Waals surface area contributed by atoms with Crippen LogP contribution in [0.25, 0.3) is 0 Å². The molecule has 0 saturated heterocycles. The topological polar surface area (TPSA) is 106 Å². The van der Waals surface area contributed by atoms with E-state index in [1.807, 2.05) is 45.2 Å². The third-order valence-electron chi connectivity index (χ3n) is 5.13. The van der Waals surface area contributed by atoms with Crippen molar-refractivity contribution >= 4 is 29.0 Å². The molecule has 8 nitrogen and oxygen atoms in total. The Bertz CT molecular complexity index is 984. The summed E-state index contributed by atoms with van der Waals surface area (Å²) in [4.78, 5) is 42.8. The normalized spacial score (nSPS) is 12.0. The number of benzene rings is 1. The maximum absolute atomic E-state index is 13.2. The quantitative estimate of drug-likeness (QED) is 0.481. The Morgan fingerprint density at radius 3 is 2.42 bits per heavy atom. The van der Waals surface area contributed by atoms with Crippen LogP contribution in [0.4, 0.5) is 11.5 Å². The summed E-state index contributed by atoms with van der Waals surface area (Å²) in [5.41, 5.74) is 6.18. The van der Waals surface area contributed by atoms with E-state index in [0.717, 1.165) is 36.1 Å². The number of halogens is 1. The average Bonchev–Trinajstić information content (AvgIpc) is 2.71. The van der Waals surface area contributed by atoms with Crippen molar-refractivity contribution in [2.45, 2.75) is 52.6 Å². The molecule has 9 heteroatoms. The Kier molecular flexibility index (Phi) is 9.33. The van der Waals surface area contributed by atoms with Crippen LogP contribution in [0.3, 0.4) is 0 Å². The number of quaternary nitrogens is 1. The van der Waals surface area contributed by atoms with Crippen LogP contribution < -0.4 is 26.8 Å². The molecule has 0 saturated carbocycles. The molecule has 1 aromatic heterocycles. The van der Waals surface area contributed by atoms with E-state index in [4.69, 9.17) is 17.3 Å². The number of amides is 1. The van der Waals surface area contributed by atoms with E-state index in [1.165, 1.54) is 9.47 Å². The van der Waals surface area contributed by atoms with Crippen molar-refractivity contribution in [3.8, 4) is 0 Å². The molecule has 0 radical (unpaired) electrons. The fourth-order valence-electron chi connectivity index (χ4n) is 3.42.